The molecule has 0 radical (unpaired) electrons. The van der Waals surface area contributed by atoms with Crippen molar-refractivity contribution in [3.8, 4) is 0 Å². The Kier molecular flexibility index (Phi) is 3.48. The third-order valence-corrected chi connectivity index (χ3v) is 4.13. The van der Waals surface area contributed by atoms with Gasteiger partial charge in [-0.1, -0.05) is 12.1 Å². The Bertz CT molecular complexity index is 424. The lowest BCUT2D eigenvalue weighted by Crippen LogP contribution is -2.27. The fourth-order valence-corrected chi connectivity index (χ4v) is 2.82. The van der Waals surface area contributed by atoms with Gasteiger partial charge in [-0.3, -0.25) is 4.84 Å². The van der Waals surface area contributed by atoms with E-state index in [0.29, 0.717) is 6.04 Å². The second kappa shape index (κ2) is 5.12. The predicted molar refractivity (Wildman–Crippen MR) is 74.7 cm³/mol. The average molecular weight is 262 g/mol. The maximum Gasteiger partial charge on any atom is 0.180 e. The predicted octanol–water partition coefficient (Wildman–Crippen LogP) is 2.30. The lowest BCUT2D eigenvalue weighted by molar-refractivity contribution is 0.0625. The summed E-state index contributed by atoms with van der Waals surface area (Å²) in [5.41, 5.74) is 2.42. The highest BCUT2D eigenvalue weighted by Gasteiger charge is 2.44. The summed E-state index contributed by atoms with van der Waals surface area (Å²) >= 11 is 0. The first kappa shape index (κ1) is 12.9. The molecule has 1 aliphatic carbocycles. The Labute approximate surface area is 114 Å². The maximum absolute atomic E-state index is 9.53. The van der Waals surface area contributed by atoms with Crippen molar-refractivity contribution in [3.63, 3.8) is 0 Å². The summed E-state index contributed by atoms with van der Waals surface area (Å²) in [6.45, 7) is 0. The van der Waals surface area contributed by atoms with E-state index in [2.05, 4.69) is 34.2 Å². The highest BCUT2D eigenvalue weighted by Crippen LogP contribution is 2.43. The Balaban J connectivity index is 1.60. The monoisotopic (exact) mass is 262 g/mol. The molecule has 2 fully saturated rings. The van der Waals surface area contributed by atoms with Crippen molar-refractivity contribution >= 4 is 5.69 Å². The van der Waals surface area contributed by atoms with Gasteiger partial charge < -0.3 is 10.0 Å². The Hall–Kier alpha value is -1.10. The number of anilines is 1. The quantitative estimate of drug-likeness (QED) is 0.848. The fraction of sp³-hybridized carbons (Fsp3) is 0.600. The molecule has 1 aromatic rings. The smallest absolute Gasteiger partial charge is 0.180 e. The summed E-state index contributed by atoms with van der Waals surface area (Å²) in [4.78, 5) is 7.81. The Morgan fingerprint density at radius 3 is 2.32 bits per heavy atom. The summed E-state index contributed by atoms with van der Waals surface area (Å²) in [6, 6.07) is 9.00. The van der Waals surface area contributed by atoms with Gasteiger partial charge in [-0.25, -0.2) is 0 Å². The van der Waals surface area contributed by atoms with Crippen molar-refractivity contribution in [2.45, 2.75) is 44.1 Å². The molecule has 0 spiro atoms. The average Bonchev–Trinajstić information content (AvgIpc) is 3.20. The van der Waals surface area contributed by atoms with Crippen LogP contribution in [0.4, 0.5) is 5.69 Å². The molecule has 19 heavy (non-hydrogen) atoms. The molecule has 4 nitrogen and oxygen atoms in total. The van der Waals surface area contributed by atoms with Crippen LogP contribution in [0.25, 0.3) is 0 Å². The van der Waals surface area contributed by atoms with Crippen molar-refractivity contribution in [2.75, 3.05) is 19.0 Å². The van der Waals surface area contributed by atoms with Gasteiger partial charge in [0.2, 0.25) is 0 Å². The third-order valence-electron chi connectivity index (χ3n) is 4.13. The van der Waals surface area contributed by atoms with Crippen LogP contribution in [0.2, 0.25) is 0 Å². The molecule has 1 saturated carbocycles. The molecule has 0 amide bonds. The first-order valence-corrected chi connectivity index (χ1v) is 7.05. The van der Waals surface area contributed by atoms with Gasteiger partial charge in [0.1, 0.15) is 0 Å². The number of hydrogen-bond acceptors (Lipinski definition) is 4. The lowest BCUT2D eigenvalue weighted by Gasteiger charge is -2.24. The van der Waals surface area contributed by atoms with Gasteiger partial charge in [0, 0.05) is 25.8 Å². The molecular formula is C15H22N2O2. The van der Waals surface area contributed by atoms with Crippen LogP contribution in [-0.2, 0) is 4.84 Å². The highest BCUT2D eigenvalue weighted by atomic mass is 16.8. The number of aliphatic hydroxyl groups excluding tert-OH is 1. The van der Waals surface area contributed by atoms with E-state index in [4.69, 9.17) is 4.84 Å². The molecule has 1 aliphatic heterocycles. The van der Waals surface area contributed by atoms with E-state index >= 15 is 0 Å². The van der Waals surface area contributed by atoms with Gasteiger partial charge in [-0.05, 0) is 43.4 Å². The summed E-state index contributed by atoms with van der Waals surface area (Å²) in [6.07, 6.45) is 3.89. The van der Waals surface area contributed by atoms with Crippen molar-refractivity contribution in [1.29, 1.82) is 0 Å². The second-order valence-corrected chi connectivity index (χ2v) is 5.77. The van der Waals surface area contributed by atoms with Crippen LogP contribution >= 0.6 is 0 Å². The number of benzene rings is 1. The molecule has 4 heteroatoms. The summed E-state index contributed by atoms with van der Waals surface area (Å²) in [5.74, 6) is 0. The molecule has 2 aliphatic rings. The van der Waals surface area contributed by atoms with Crippen molar-refractivity contribution in [3.05, 3.63) is 29.8 Å². The van der Waals surface area contributed by atoms with Gasteiger partial charge in [0.15, 0.2) is 6.23 Å². The SMILES string of the molecule is CN(C)c1ccc(C2ON2C2CCC(O)CC2)cc1. The Morgan fingerprint density at radius 1 is 1.11 bits per heavy atom. The normalized spacial score (nSPS) is 34.1. The molecule has 1 heterocycles. The van der Waals surface area contributed by atoms with Crippen LogP contribution in [0, 0.1) is 0 Å². The third kappa shape index (κ3) is 2.76. The summed E-state index contributed by atoms with van der Waals surface area (Å²) in [7, 11) is 4.09. The highest BCUT2D eigenvalue weighted by molar-refractivity contribution is 5.46. The summed E-state index contributed by atoms with van der Waals surface area (Å²) in [5, 5.41) is 11.6. The molecule has 0 aromatic heterocycles. The molecule has 1 N–H and O–H groups in total. The second-order valence-electron chi connectivity index (χ2n) is 5.77. The van der Waals surface area contributed by atoms with E-state index in [1.54, 1.807) is 0 Å². The molecule has 0 bridgehead atoms. The standard InChI is InChI=1S/C15H22N2O2/c1-16(2)12-5-3-11(4-6-12)15-17(19-15)13-7-9-14(18)10-8-13/h3-6,13-15,18H,7-10H2,1-2H3. The first-order valence-electron chi connectivity index (χ1n) is 7.05. The minimum Gasteiger partial charge on any atom is -0.393 e. The van der Waals surface area contributed by atoms with Crippen LogP contribution in [0.15, 0.2) is 24.3 Å². The van der Waals surface area contributed by atoms with Crippen LogP contribution in [0.3, 0.4) is 0 Å². The number of hydroxylamine groups is 2. The molecule has 104 valence electrons. The minimum atomic E-state index is -0.103. The summed E-state index contributed by atoms with van der Waals surface area (Å²) < 4.78 is 0. The van der Waals surface area contributed by atoms with E-state index in [1.807, 2.05) is 14.1 Å². The fourth-order valence-electron chi connectivity index (χ4n) is 2.82. The minimum absolute atomic E-state index is 0.103. The zero-order valence-electron chi connectivity index (χ0n) is 11.6. The molecule has 1 aromatic carbocycles. The van der Waals surface area contributed by atoms with Gasteiger partial charge in [-0.15, -0.1) is 5.06 Å². The zero-order chi connectivity index (χ0) is 13.4. The van der Waals surface area contributed by atoms with E-state index in [-0.39, 0.29) is 12.3 Å². The molecule has 1 saturated heterocycles. The van der Waals surface area contributed by atoms with Gasteiger partial charge in [0.05, 0.1) is 6.10 Å². The van der Waals surface area contributed by atoms with E-state index in [0.717, 1.165) is 25.7 Å². The molecule has 3 rings (SSSR count). The zero-order valence-corrected chi connectivity index (χ0v) is 11.6. The van der Waals surface area contributed by atoms with E-state index in [9.17, 15) is 5.11 Å². The van der Waals surface area contributed by atoms with Crippen molar-refractivity contribution < 1.29 is 9.94 Å². The van der Waals surface area contributed by atoms with Gasteiger partial charge in [-0.2, -0.15) is 0 Å². The van der Waals surface area contributed by atoms with Gasteiger partial charge >= 0.3 is 0 Å². The van der Waals surface area contributed by atoms with E-state index < -0.39 is 0 Å². The molecular weight excluding hydrogens is 240 g/mol. The molecule has 2 unspecified atom stereocenters. The van der Waals surface area contributed by atoms with Crippen LogP contribution in [0.1, 0.15) is 37.5 Å². The van der Waals surface area contributed by atoms with Crippen molar-refractivity contribution in [2.24, 2.45) is 0 Å². The van der Waals surface area contributed by atoms with Crippen LogP contribution in [0.5, 0.6) is 0 Å². The van der Waals surface area contributed by atoms with E-state index in [1.165, 1.54) is 11.3 Å². The largest absolute Gasteiger partial charge is 0.393 e. The number of aliphatic hydroxyl groups is 1. The number of hydrogen-bond donors (Lipinski definition) is 1. The number of nitrogens with zero attached hydrogens (tertiary/aromatic N) is 2. The molecule has 2 atom stereocenters. The maximum atomic E-state index is 9.53. The van der Waals surface area contributed by atoms with Crippen LogP contribution < -0.4 is 4.90 Å². The lowest BCUT2D eigenvalue weighted by atomic mass is 9.93. The number of rotatable bonds is 3. The van der Waals surface area contributed by atoms with Crippen LogP contribution in [-0.4, -0.2) is 36.4 Å². The van der Waals surface area contributed by atoms with Gasteiger partial charge in [0.25, 0.3) is 0 Å². The topological polar surface area (TPSA) is 39.0 Å². The van der Waals surface area contributed by atoms with Crippen molar-refractivity contribution in [1.82, 2.24) is 5.06 Å². The Morgan fingerprint density at radius 2 is 1.74 bits per heavy atom. The first-order chi connectivity index (χ1) is 9.15.